The van der Waals surface area contributed by atoms with Crippen LogP contribution in [0.4, 0.5) is 0 Å². The molecule has 2 aromatic rings. The van der Waals surface area contributed by atoms with Gasteiger partial charge >= 0.3 is 0 Å². The van der Waals surface area contributed by atoms with Gasteiger partial charge in [-0.05, 0) is 31.0 Å². The molecule has 0 radical (unpaired) electrons. The lowest BCUT2D eigenvalue weighted by molar-refractivity contribution is 0.408. The number of imidazole rings is 1. The quantitative estimate of drug-likeness (QED) is 0.693. The van der Waals surface area contributed by atoms with Crippen LogP contribution in [-0.4, -0.2) is 51.4 Å². The molecule has 0 aromatic carbocycles. The summed E-state index contributed by atoms with van der Waals surface area (Å²) in [4.78, 5) is 11.5. The molecule has 1 aliphatic rings. The summed E-state index contributed by atoms with van der Waals surface area (Å²) in [5, 5.41) is 4.18. The Bertz CT molecular complexity index is 693. The zero-order chi connectivity index (χ0) is 16.2. The molecule has 6 heteroatoms. The number of thioether (sulfide) groups is 1. The third kappa shape index (κ3) is 3.80. The van der Waals surface area contributed by atoms with Crippen LogP contribution in [0.1, 0.15) is 24.6 Å². The van der Waals surface area contributed by atoms with Gasteiger partial charge in [0.2, 0.25) is 0 Å². The summed E-state index contributed by atoms with van der Waals surface area (Å²) in [5.74, 6) is 2.16. The van der Waals surface area contributed by atoms with Crippen molar-refractivity contribution < 1.29 is 0 Å². The molecule has 1 N–H and O–H groups in total. The minimum atomic E-state index is 0.702. The lowest BCUT2D eigenvalue weighted by Gasteiger charge is -2.34. The number of fused-ring (bicyclic) bond motifs is 1. The Morgan fingerprint density at radius 3 is 3.17 bits per heavy atom. The van der Waals surface area contributed by atoms with Gasteiger partial charge in [-0.1, -0.05) is 6.92 Å². The number of aliphatic imine (C=N–C) groups is 1. The largest absolute Gasteiger partial charge is 0.351 e. The van der Waals surface area contributed by atoms with Crippen molar-refractivity contribution in [1.29, 1.82) is 0 Å². The molecule has 0 bridgehead atoms. The van der Waals surface area contributed by atoms with E-state index in [-0.39, 0.29) is 0 Å². The summed E-state index contributed by atoms with van der Waals surface area (Å²) < 4.78 is 2.07. The number of aryl methyl sites for hydroxylation is 1. The molecule has 1 aliphatic heterocycles. The van der Waals surface area contributed by atoms with Gasteiger partial charge in [-0.15, -0.1) is 0 Å². The van der Waals surface area contributed by atoms with Crippen molar-refractivity contribution in [3.05, 3.63) is 35.8 Å². The van der Waals surface area contributed by atoms with Crippen molar-refractivity contribution in [2.24, 2.45) is 4.99 Å². The van der Waals surface area contributed by atoms with Crippen LogP contribution in [0.15, 0.2) is 29.5 Å². The Balaban J connectivity index is 1.65. The van der Waals surface area contributed by atoms with E-state index in [9.17, 15) is 0 Å². The van der Waals surface area contributed by atoms with Crippen LogP contribution >= 0.6 is 11.8 Å². The third-order valence-electron chi connectivity index (χ3n) is 4.20. The first-order chi connectivity index (χ1) is 11.2. The number of hydrogen-bond acceptors (Lipinski definition) is 3. The van der Waals surface area contributed by atoms with Crippen LogP contribution in [0.2, 0.25) is 0 Å². The number of nitrogens with one attached hydrogen (secondary N) is 1. The van der Waals surface area contributed by atoms with E-state index in [4.69, 9.17) is 0 Å². The number of rotatable bonds is 3. The molecule has 0 saturated carbocycles. The smallest absolute Gasteiger partial charge is 0.194 e. The summed E-state index contributed by atoms with van der Waals surface area (Å²) in [6.45, 7) is 7.19. The van der Waals surface area contributed by atoms with Gasteiger partial charge in [0, 0.05) is 43.5 Å². The predicted octanol–water partition coefficient (Wildman–Crippen LogP) is 2.55. The number of aromatic nitrogens is 2. The molecule has 5 nitrogen and oxygen atoms in total. The molecule has 124 valence electrons. The van der Waals surface area contributed by atoms with E-state index in [1.807, 2.05) is 7.05 Å². The van der Waals surface area contributed by atoms with E-state index in [1.54, 1.807) is 0 Å². The molecule has 1 unspecified atom stereocenters. The van der Waals surface area contributed by atoms with Crippen molar-refractivity contribution >= 4 is 23.4 Å². The summed E-state index contributed by atoms with van der Waals surface area (Å²) in [6, 6.07) is 4.20. The SMILES string of the molecule is CCC1CN(C(=NC)NCc2cn3ccc(C)cc3n2)CCS1. The molecule has 1 fully saturated rings. The Morgan fingerprint density at radius 1 is 1.52 bits per heavy atom. The molecule has 0 amide bonds. The second-order valence-corrected chi connectivity index (χ2v) is 7.36. The average Bonchev–Trinajstić information content (AvgIpc) is 2.97. The minimum Gasteiger partial charge on any atom is -0.351 e. The van der Waals surface area contributed by atoms with E-state index < -0.39 is 0 Å². The van der Waals surface area contributed by atoms with Crippen LogP contribution in [0, 0.1) is 6.92 Å². The highest BCUT2D eigenvalue weighted by molar-refractivity contribution is 8.00. The second-order valence-electron chi connectivity index (χ2n) is 5.95. The fourth-order valence-corrected chi connectivity index (χ4v) is 4.06. The van der Waals surface area contributed by atoms with E-state index in [0.717, 1.165) is 30.4 Å². The van der Waals surface area contributed by atoms with Gasteiger partial charge in [-0.2, -0.15) is 11.8 Å². The van der Waals surface area contributed by atoms with Crippen LogP contribution in [0.3, 0.4) is 0 Å². The van der Waals surface area contributed by atoms with Crippen molar-refractivity contribution in [1.82, 2.24) is 19.6 Å². The van der Waals surface area contributed by atoms with Crippen LogP contribution < -0.4 is 5.32 Å². The lowest BCUT2D eigenvalue weighted by atomic mass is 10.3. The molecule has 23 heavy (non-hydrogen) atoms. The maximum Gasteiger partial charge on any atom is 0.194 e. The van der Waals surface area contributed by atoms with Gasteiger partial charge in [-0.3, -0.25) is 4.99 Å². The monoisotopic (exact) mass is 331 g/mol. The van der Waals surface area contributed by atoms with Gasteiger partial charge in [0.05, 0.1) is 12.2 Å². The third-order valence-corrected chi connectivity index (χ3v) is 5.57. The van der Waals surface area contributed by atoms with E-state index in [1.165, 1.54) is 17.7 Å². The summed E-state index contributed by atoms with van der Waals surface area (Å²) >= 11 is 2.07. The Morgan fingerprint density at radius 2 is 2.39 bits per heavy atom. The summed E-state index contributed by atoms with van der Waals surface area (Å²) in [5.41, 5.74) is 3.27. The number of nitrogens with zero attached hydrogens (tertiary/aromatic N) is 4. The van der Waals surface area contributed by atoms with Gasteiger partial charge < -0.3 is 14.6 Å². The van der Waals surface area contributed by atoms with Crippen molar-refractivity contribution in [3.8, 4) is 0 Å². The fraction of sp³-hybridized carbons (Fsp3) is 0.529. The Hall–Kier alpha value is -1.69. The van der Waals surface area contributed by atoms with Gasteiger partial charge in [0.25, 0.3) is 0 Å². The van der Waals surface area contributed by atoms with E-state index >= 15 is 0 Å². The second kappa shape index (κ2) is 7.25. The zero-order valence-corrected chi connectivity index (χ0v) is 14.9. The highest BCUT2D eigenvalue weighted by Gasteiger charge is 2.21. The first-order valence-corrected chi connectivity index (χ1v) is 9.26. The molecule has 2 aromatic heterocycles. The normalized spacial score (nSPS) is 19.3. The maximum absolute atomic E-state index is 4.68. The number of guanidine groups is 1. The Labute approximate surface area is 142 Å². The van der Waals surface area contributed by atoms with Gasteiger partial charge in [0.1, 0.15) is 5.65 Å². The zero-order valence-electron chi connectivity index (χ0n) is 14.1. The maximum atomic E-state index is 4.68. The lowest BCUT2D eigenvalue weighted by Crippen LogP contribution is -2.47. The van der Waals surface area contributed by atoms with E-state index in [0.29, 0.717) is 11.8 Å². The highest BCUT2D eigenvalue weighted by Crippen LogP contribution is 2.21. The highest BCUT2D eigenvalue weighted by atomic mass is 32.2. The van der Waals surface area contributed by atoms with E-state index in [2.05, 4.69) is 74.7 Å². The summed E-state index contributed by atoms with van der Waals surface area (Å²) in [6.07, 6.45) is 5.35. The predicted molar refractivity (Wildman–Crippen MR) is 98.2 cm³/mol. The van der Waals surface area contributed by atoms with Crippen molar-refractivity contribution in [2.45, 2.75) is 32.1 Å². The van der Waals surface area contributed by atoms with Gasteiger partial charge in [0.15, 0.2) is 5.96 Å². The minimum absolute atomic E-state index is 0.702. The molecular weight excluding hydrogens is 306 g/mol. The molecule has 0 aliphatic carbocycles. The van der Waals surface area contributed by atoms with Crippen LogP contribution in [-0.2, 0) is 6.54 Å². The average molecular weight is 331 g/mol. The molecule has 3 heterocycles. The van der Waals surface area contributed by atoms with Gasteiger partial charge in [-0.25, -0.2) is 4.98 Å². The standard InChI is InChI=1S/C17H25N5S/c1-4-15-12-22(7-8-23-15)17(18-3)19-10-14-11-21-6-5-13(2)9-16(21)20-14/h5-6,9,11,15H,4,7-8,10,12H2,1-3H3,(H,18,19). The Kier molecular flexibility index (Phi) is 5.10. The topological polar surface area (TPSA) is 44.9 Å². The van der Waals surface area contributed by atoms with Crippen LogP contribution in [0.5, 0.6) is 0 Å². The molecule has 1 saturated heterocycles. The fourth-order valence-electron chi connectivity index (χ4n) is 2.88. The molecule has 0 spiro atoms. The molecule has 3 rings (SSSR count). The first-order valence-electron chi connectivity index (χ1n) is 8.21. The first kappa shape index (κ1) is 16.2. The summed E-state index contributed by atoms with van der Waals surface area (Å²) in [7, 11) is 1.86. The number of hydrogen-bond donors (Lipinski definition) is 1. The molecular formula is C17H25N5S. The van der Waals surface area contributed by atoms with Crippen molar-refractivity contribution in [2.75, 3.05) is 25.9 Å². The van der Waals surface area contributed by atoms with Crippen LogP contribution in [0.25, 0.3) is 5.65 Å². The number of pyridine rings is 1. The molecule has 1 atom stereocenters. The van der Waals surface area contributed by atoms with Crippen molar-refractivity contribution in [3.63, 3.8) is 0 Å².